The summed E-state index contributed by atoms with van der Waals surface area (Å²) in [5.74, 6) is 0.823. The molecule has 0 aliphatic rings. The third-order valence-electron chi connectivity index (χ3n) is 1.48. The molecule has 1 aromatic heterocycles. The molecule has 0 spiro atoms. The summed E-state index contributed by atoms with van der Waals surface area (Å²) >= 11 is 5.68. The zero-order valence-electron chi connectivity index (χ0n) is 7.59. The van der Waals surface area contributed by atoms with Gasteiger partial charge in [0, 0.05) is 19.3 Å². The lowest BCUT2D eigenvalue weighted by Gasteiger charge is -2.04. The molecule has 3 nitrogen and oxygen atoms in total. The summed E-state index contributed by atoms with van der Waals surface area (Å²) < 4.78 is 5.16. The van der Waals surface area contributed by atoms with Crippen molar-refractivity contribution < 1.29 is 4.74 Å². The van der Waals surface area contributed by atoms with Gasteiger partial charge in [-0.3, -0.25) is 0 Å². The molecule has 72 valence electrons. The van der Waals surface area contributed by atoms with Gasteiger partial charge in [-0.05, 0) is 19.1 Å². The van der Waals surface area contributed by atoms with Crippen LogP contribution in [0, 0.1) is 0 Å². The number of hydrogen-bond donors (Lipinski definition) is 1. The Kier molecular flexibility index (Phi) is 4.57. The van der Waals surface area contributed by atoms with Crippen molar-refractivity contribution >= 4 is 17.4 Å². The van der Waals surface area contributed by atoms with E-state index in [1.165, 1.54) is 0 Å². The molecule has 0 unspecified atom stereocenters. The van der Waals surface area contributed by atoms with Gasteiger partial charge < -0.3 is 10.1 Å². The monoisotopic (exact) mass is 200 g/mol. The van der Waals surface area contributed by atoms with Crippen molar-refractivity contribution in [2.24, 2.45) is 0 Å². The van der Waals surface area contributed by atoms with Gasteiger partial charge in [0.05, 0.1) is 11.6 Å². The highest BCUT2D eigenvalue weighted by molar-refractivity contribution is 6.30. The van der Waals surface area contributed by atoms with Crippen molar-refractivity contribution in [1.29, 1.82) is 0 Å². The number of nitrogens with zero attached hydrogens (tertiary/aromatic N) is 1. The molecular weight excluding hydrogens is 188 g/mol. The number of halogens is 1. The molecule has 0 aliphatic heterocycles. The first kappa shape index (κ1) is 10.3. The largest absolute Gasteiger partial charge is 0.380 e. The second-order valence-corrected chi connectivity index (χ2v) is 2.92. The minimum absolute atomic E-state index is 0.648. The smallest absolute Gasteiger partial charge is 0.126 e. The van der Waals surface area contributed by atoms with E-state index in [9.17, 15) is 0 Å². The minimum atomic E-state index is 0.648. The van der Waals surface area contributed by atoms with Gasteiger partial charge in [-0.25, -0.2) is 4.98 Å². The average Bonchev–Trinajstić information content (AvgIpc) is 2.15. The Bertz CT molecular complexity index is 238. The van der Waals surface area contributed by atoms with Crippen LogP contribution in [0.3, 0.4) is 0 Å². The molecule has 0 aliphatic carbocycles. The van der Waals surface area contributed by atoms with E-state index in [1.54, 1.807) is 12.3 Å². The van der Waals surface area contributed by atoms with Crippen LogP contribution in [0.15, 0.2) is 18.3 Å². The van der Waals surface area contributed by atoms with Crippen LogP contribution in [-0.2, 0) is 4.74 Å². The van der Waals surface area contributed by atoms with Crippen LogP contribution >= 0.6 is 11.6 Å². The number of hydrogen-bond acceptors (Lipinski definition) is 3. The quantitative estimate of drug-likeness (QED) is 0.740. The second kappa shape index (κ2) is 5.78. The summed E-state index contributed by atoms with van der Waals surface area (Å²) in [5.41, 5.74) is 0. The number of aromatic nitrogens is 1. The molecule has 0 atom stereocenters. The molecule has 0 bridgehead atoms. The highest BCUT2D eigenvalue weighted by atomic mass is 35.5. The van der Waals surface area contributed by atoms with Crippen LogP contribution in [0.5, 0.6) is 0 Å². The third kappa shape index (κ3) is 4.10. The van der Waals surface area contributed by atoms with E-state index >= 15 is 0 Å². The van der Waals surface area contributed by atoms with E-state index < -0.39 is 0 Å². The number of nitrogens with one attached hydrogen (secondary N) is 1. The maximum atomic E-state index is 5.68. The normalized spacial score (nSPS) is 10.0. The fourth-order valence-corrected chi connectivity index (χ4v) is 0.988. The van der Waals surface area contributed by atoms with Crippen LogP contribution in [0.4, 0.5) is 5.82 Å². The van der Waals surface area contributed by atoms with Crippen molar-refractivity contribution in [3.63, 3.8) is 0 Å². The number of ether oxygens (including phenoxy) is 1. The molecule has 0 aromatic carbocycles. The van der Waals surface area contributed by atoms with Crippen molar-refractivity contribution in [3.05, 3.63) is 23.4 Å². The lowest BCUT2D eigenvalue weighted by Crippen LogP contribution is -2.09. The minimum Gasteiger partial charge on any atom is -0.380 e. The van der Waals surface area contributed by atoms with E-state index in [4.69, 9.17) is 16.3 Å². The Morgan fingerprint density at radius 3 is 3.00 bits per heavy atom. The maximum Gasteiger partial charge on any atom is 0.126 e. The molecule has 0 amide bonds. The average molecular weight is 201 g/mol. The fraction of sp³-hybridized carbons (Fsp3) is 0.444. The molecule has 4 heteroatoms. The van der Waals surface area contributed by atoms with Crippen LogP contribution in [0.1, 0.15) is 6.92 Å². The van der Waals surface area contributed by atoms with Gasteiger partial charge in [-0.1, -0.05) is 11.6 Å². The van der Waals surface area contributed by atoms with Gasteiger partial charge in [0.1, 0.15) is 5.82 Å². The zero-order valence-corrected chi connectivity index (χ0v) is 8.34. The van der Waals surface area contributed by atoms with E-state index in [0.717, 1.165) is 19.0 Å². The predicted octanol–water partition coefficient (Wildman–Crippen LogP) is 2.18. The summed E-state index contributed by atoms with van der Waals surface area (Å²) in [6.45, 7) is 4.18. The SMILES string of the molecule is CCOCCNc1ccc(Cl)cn1. The summed E-state index contributed by atoms with van der Waals surface area (Å²) in [4.78, 5) is 4.08. The van der Waals surface area contributed by atoms with Gasteiger partial charge in [0.15, 0.2) is 0 Å². The Hall–Kier alpha value is -0.800. The Labute approximate surface area is 83.1 Å². The number of anilines is 1. The maximum absolute atomic E-state index is 5.68. The third-order valence-corrected chi connectivity index (χ3v) is 1.71. The van der Waals surface area contributed by atoms with Crippen LogP contribution in [0.2, 0.25) is 5.02 Å². The lowest BCUT2D eigenvalue weighted by molar-refractivity contribution is 0.158. The van der Waals surface area contributed by atoms with E-state index in [2.05, 4.69) is 10.3 Å². The Morgan fingerprint density at radius 1 is 1.54 bits per heavy atom. The molecule has 0 saturated heterocycles. The topological polar surface area (TPSA) is 34.1 Å². The van der Waals surface area contributed by atoms with Crippen LogP contribution in [0.25, 0.3) is 0 Å². The molecule has 1 rings (SSSR count). The number of pyridine rings is 1. The second-order valence-electron chi connectivity index (χ2n) is 2.49. The molecule has 0 radical (unpaired) electrons. The first-order chi connectivity index (χ1) is 6.33. The first-order valence-corrected chi connectivity index (χ1v) is 4.64. The summed E-state index contributed by atoms with van der Waals surface area (Å²) in [5, 5.41) is 3.76. The summed E-state index contributed by atoms with van der Waals surface area (Å²) in [6.07, 6.45) is 1.62. The molecule has 0 saturated carbocycles. The predicted molar refractivity (Wildman–Crippen MR) is 54.2 cm³/mol. The Morgan fingerprint density at radius 2 is 2.38 bits per heavy atom. The van der Waals surface area contributed by atoms with E-state index in [0.29, 0.717) is 11.6 Å². The van der Waals surface area contributed by atoms with Crippen molar-refractivity contribution in [2.75, 3.05) is 25.1 Å². The first-order valence-electron chi connectivity index (χ1n) is 4.26. The van der Waals surface area contributed by atoms with E-state index in [-0.39, 0.29) is 0 Å². The van der Waals surface area contributed by atoms with Crippen LogP contribution in [-0.4, -0.2) is 24.7 Å². The van der Waals surface area contributed by atoms with Gasteiger partial charge in [0.2, 0.25) is 0 Å². The Balaban J connectivity index is 2.25. The lowest BCUT2D eigenvalue weighted by atomic mass is 10.4. The van der Waals surface area contributed by atoms with Crippen LogP contribution < -0.4 is 5.32 Å². The van der Waals surface area contributed by atoms with Crippen molar-refractivity contribution in [3.8, 4) is 0 Å². The van der Waals surface area contributed by atoms with Gasteiger partial charge in [-0.2, -0.15) is 0 Å². The van der Waals surface area contributed by atoms with Crippen molar-refractivity contribution in [1.82, 2.24) is 4.98 Å². The van der Waals surface area contributed by atoms with Crippen molar-refractivity contribution in [2.45, 2.75) is 6.92 Å². The molecule has 1 N–H and O–H groups in total. The zero-order chi connectivity index (χ0) is 9.52. The molecule has 1 aromatic rings. The van der Waals surface area contributed by atoms with Gasteiger partial charge in [0.25, 0.3) is 0 Å². The fourth-order valence-electron chi connectivity index (χ4n) is 0.876. The van der Waals surface area contributed by atoms with Gasteiger partial charge in [-0.15, -0.1) is 0 Å². The highest BCUT2D eigenvalue weighted by Gasteiger charge is 1.92. The molecule has 0 fully saturated rings. The summed E-state index contributed by atoms with van der Waals surface area (Å²) in [7, 11) is 0. The number of rotatable bonds is 5. The highest BCUT2D eigenvalue weighted by Crippen LogP contribution is 2.08. The van der Waals surface area contributed by atoms with Gasteiger partial charge >= 0.3 is 0 Å². The summed E-state index contributed by atoms with van der Waals surface area (Å²) in [6, 6.07) is 3.64. The molecule has 13 heavy (non-hydrogen) atoms. The molecule has 1 heterocycles. The van der Waals surface area contributed by atoms with E-state index in [1.807, 2.05) is 13.0 Å². The molecular formula is C9H13ClN2O. The standard InChI is InChI=1S/C9H13ClN2O/c1-2-13-6-5-11-9-4-3-8(10)7-12-9/h3-4,7H,2,5-6H2,1H3,(H,11,12).